The van der Waals surface area contributed by atoms with Crippen LogP contribution in [0.25, 0.3) is 0 Å². The lowest BCUT2D eigenvalue weighted by molar-refractivity contribution is -0.121. The number of benzene rings is 2. The van der Waals surface area contributed by atoms with Crippen molar-refractivity contribution >= 4 is 29.1 Å². The lowest BCUT2D eigenvalue weighted by atomic mass is 10.1. The third-order valence-corrected chi connectivity index (χ3v) is 3.77. The molecule has 3 rings (SSSR count). The van der Waals surface area contributed by atoms with E-state index in [1.807, 2.05) is 12.1 Å². The summed E-state index contributed by atoms with van der Waals surface area (Å²) >= 11 is 5.87. The van der Waals surface area contributed by atoms with Gasteiger partial charge >= 0.3 is 0 Å². The molecule has 6 nitrogen and oxygen atoms in total. The van der Waals surface area contributed by atoms with E-state index in [9.17, 15) is 9.59 Å². The van der Waals surface area contributed by atoms with Crippen molar-refractivity contribution in [1.82, 2.24) is 5.48 Å². The van der Waals surface area contributed by atoms with Crippen molar-refractivity contribution in [1.29, 1.82) is 0 Å². The minimum Gasteiger partial charge on any atom is -0.482 e. The van der Waals surface area contributed by atoms with Gasteiger partial charge in [-0.05, 0) is 35.9 Å². The summed E-state index contributed by atoms with van der Waals surface area (Å²) in [5.41, 5.74) is 3.18. The number of hydrogen-bond acceptors (Lipinski definition) is 4. The molecular weight excluding hydrogens is 320 g/mol. The first-order valence-corrected chi connectivity index (χ1v) is 7.22. The van der Waals surface area contributed by atoms with E-state index < -0.39 is 5.91 Å². The maximum Gasteiger partial charge on any atom is 0.274 e. The fourth-order valence-corrected chi connectivity index (χ4v) is 2.48. The van der Waals surface area contributed by atoms with Gasteiger partial charge in [0.2, 0.25) is 0 Å². The van der Waals surface area contributed by atoms with E-state index >= 15 is 0 Å². The Morgan fingerprint density at radius 1 is 1.26 bits per heavy atom. The van der Waals surface area contributed by atoms with Crippen LogP contribution in [0.4, 0.5) is 5.69 Å². The summed E-state index contributed by atoms with van der Waals surface area (Å²) in [4.78, 5) is 25.3. The topological polar surface area (TPSA) is 78.9 Å². The quantitative estimate of drug-likeness (QED) is 0.668. The highest BCUT2D eigenvalue weighted by molar-refractivity contribution is 6.30. The van der Waals surface area contributed by atoms with Crippen molar-refractivity contribution in [3.05, 3.63) is 58.6 Å². The van der Waals surface area contributed by atoms with Crippen molar-refractivity contribution < 1.29 is 19.5 Å². The normalized spacial score (nSPS) is 13.3. The van der Waals surface area contributed by atoms with Gasteiger partial charge in [-0.2, -0.15) is 0 Å². The Kier molecular flexibility index (Phi) is 4.18. The van der Waals surface area contributed by atoms with E-state index in [1.165, 1.54) is 17.0 Å². The second-order valence-corrected chi connectivity index (χ2v) is 5.45. The van der Waals surface area contributed by atoms with Crippen LogP contribution in [0.2, 0.25) is 5.02 Å². The molecule has 23 heavy (non-hydrogen) atoms. The van der Waals surface area contributed by atoms with E-state index in [4.69, 9.17) is 21.5 Å². The van der Waals surface area contributed by atoms with Crippen molar-refractivity contribution in [3.8, 4) is 5.75 Å². The smallest absolute Gasteiger partial charge is 0.274 e. The van der Waals surface area contributed by atoms with Crippen LogP contribution in [0, 0.1) is 0 Å². The van der Waals surface area contributed by atoms with E-state index in [-0.39, 0.29) is 18.1 Å². The number of anilines is 1. The molecular formula is C16H13ClN2O4. The van der Waals surface area contributed by atoms with Crippen LogP contribution in [0.1, 0.15) is 15.9 Å². The molecule has 0 unspecified atom stereocenters. The summed E-state index contributed by atoms with van der Waals surface area (Å²) in [6.07, 6.45) is 0. The molecule has 0 aliphatic carbocycles. The summed E-state index contributed by atoms with van der Waals surface area (Å²) in [6, 6.07) is 11.8. The Morgan fingerprint density at radius 2 is 2.00 bits per heavy atom. The largest absolute Gasteiger partial charge is 0.482 e. The molecule has 0 aromatic heterocycles. The number of rotatable bonds is 3. The number of amides is 2. The first-order valence-electron chi connectivity index (χ1n) is 6.84. The molecule has 2 amide bonds. The molecule has 0 fully saturated rings. The number of carbonyl (C=O) groups excluding carboxylic acids is 2. The lowest BCUT2D eigenvalue weighted by Crippen LogP contribution is -2.38. The number of nitrogens with one attached hydrogen (secondary N) is 1. The number of hydrogen-bond donors (Lipinski definition) is 2. The summed E-state index contributed by atoms with van der Waals surface area (Å²) in [5.74, 6) is -0.362. The fraction of sp³-hybridized carbons (Fsp3) is 0.125. The maximum absolute atomic E-state index is 12.2. The predicted molar refractivity (Wildman–Crippen MR) is 83.8 cm³/mol. The van der Waals surface area contributed by atoms with Gasteiger partial charge in [-0.15, -0.1) is 0 Å². The minimum atomic E-state index is -0.655. The Hall–Kier alpha value is -2.57. The van der Waals surface area contributed by atoms with Crippen LogP contribution in [0.5, 0.6) is 5.75 Å². The molecule has 0 saturated carbocycles. The van der Waals surface area contributed by atoms with Crippen LogP contribution >= 0.6 is 11.6 Å². The fourth-order valence-electron chi connectivity index (χ4n) is 2.35. The Labute approximate surface area is 137 Å². The van der Waals surface area contributed by atoms with Gasteiger partial charge in [-0.3, -0.25) is 14.8 Å². The molecule has 2 N–H and O–H groups in total. The van der Waals surface area contributed by atoms with Crippen LogP contribution in [0.15, 0.2) is 42.5 Å². The van der Waals surface area contributed by atoms with Crippen molar-refractivity contribution in [2.45, 2.75) is 6.54 Å². The monoisotopic (exact) mass is 332 g/mol. The maximum atomic E-state index is 12.2. The van der Waals surface area contributed by atoms with Gasteiger partial charge < -0.3 is 9.64 Å². The predicted octanol–water partition coefficient (Wildman–Crippen LogP) is 2.38. The number of ether oxygens (including phenoxy) is 1. The molecule has 0 atom stereocenters. The molecule has 1 aliphatic rings. The molecule has 0 saturated heterocycles. The van der Waals surface area contributed by atoms with Crippen molar-refractivity contribution in [2.75, 3.05) is 11.5 Å². The van der Waals surface area contributed by atoms with E-state index in [0.717, 1.165) is 5.56 Å². The highest BCUT2D eigenvalue weighted by atomic mass is 35.5. The average molecular weight is 333 g/mol. The van der Waals surface area contributed by atoms with Gasteiger partial charge in [0.05, 0.1) is 12.2 Å². The number of carbonyl (C=O) groups is 2. The van der Waals surface area contributed by atoms with Crippen molar-refractivity contribution in [2.24, 2.45) is 0 Å². The highest BCUT2D eigenvalue weighted by Crippen LogP contribution is 2.34. The highest BCUT2D eigenvalue weighted by Gasteiger charge is 2.26. The third-order valence-electron chi connectivity index (χ3n) is 3.52. The number of fused-ring (bicyclic) bond motifs is 1. The summed E-state index contributed by atoms with van der Waals surface area (Å²) in [7, 11) is 0. The third kappa shape index (κ3) is 3.13. The SMILES string of the molecule is O=C(NO)c1ccc2c(c1)N(Cc1ccc(Cl)cc1)C(=O)CO2. The zero-order valence-corrected chi connectivity index (χ0v) is 12.7. The van der Waals surface area contributed by atoms with E-state index in [0.29, 0.717) is 23.0 Å². The van der Waals surface area contributed by atoms with Crippen LogP contribution in [-0.2, 0) is 11.3 Å². The number of hydroxylamine groups is 1. The zero-order valence-electron chi connectivity index (χ0n) is 12.0. The molecule has 1 aliphatic heterocycles. The van der Waals surface area contributed by atoms with Gasteiger partial charge in [0.15, 0.2) is 6.61 Å². The second-order valence-electron chi connectivity index (χ2n) is 5.02. The van der Waals surface area contributed by atoms with Gasteiger partial charge in [-0.1, -0.05) is 23.7 Å². The van der Waals surface area contributed by atoms with Gasteiger partial charge in [0, 0.05) is 10.6 Å². The van der Waals surface area contributed by atoms with Crippen LogP contribution < -0.4 is 15.1 Å². The van der Waals surface area contributed by atoms with Crippen molar-refractivity contribution in [3.63, 3.8) is 0 Å². The summed E-state index contributed by atoms with van der Waals surface area (Å²) in [5, 5.41) is 9.36. The van der Waals surface area contributed by atoms with Gasteiger partial charge in [-0.25, -0.2) is 5.48 Å². The molecule has 0 spiro atoms. The Bertz CT molecular complexity index is 761. The Balaban J connectivity index is 1.96. The van der Waals surface area contributed by atoms with Crippen LogP contribution in [0.3, 0.4) is 0 Å². The second kappa shape index (κ2) is 6.28. The number of nitrogens with zero attached hydrogens (tertiary/aromatic N) is 1. The van der Waals surface area contributed by atoms with Gasteiger partial charge in [0.25, 0.3) is 11.8 Å². The average Bonchev–Trinajstić information content (AvgIpc) is 2.58. The molecule has 7 heteroatoms. The zero-order chi connectivity index (χ0) is 16.4. The standard InChI is InChI=1S/C16H13ClN2O4/c17-12-4-1-10(2-5-12)8-19-13-7-11(16(21)18-22)3-6-14(13)23-9-15(19)20/h1-7,22H,8-9H2,(H,18,21). The summed E-state index contributed by atoms with van der Waals surface area (Å²) in [6.45, 7) is 0.267. The summed E-state index contributed by atoms with van der Waals surface area (Å²) < 4.78 is 5.38. The first-order chi connectivity index (χ1) is 11.1. The molecule has 0 radical (unpaired) electrons. The molecule has 2 aromatic rings. The molecule has 2 aromatic carbocycles. The lowest BCUT2D eigenvalue weighted by Gasteiger charge is -2.29. The first kappa shape index (κ1) is 15.3. The van der Waals surface area contributed by atoms with E-state index in [1.54, 1.807) is 23.7 Å². The Morgan fingerprint density at radius 3 is 2.70 bits per heavy atom. The van der Waals surface area contributed by atoms with Crippen LogP contribution in [-0.4, -0.2) is 23.6 Å². The number of halogens is 1. The minimum absolute atomic E-state index is 0.0634. The van der Waals surface area contributed by atoms with E-state index in [2.05, 4.69) is 0 Å². The molecule has 118 valence electrons. The molecule has 0 bridgehead atoms. The molecule has 1 heterocycles. The van der Waals surface area contributed by atoms with Gasteiger partial charge in [0.1, 0.15) is 5.75 Å².